The number of anilines is 1. The van der Waals surface area contributed by atoms with Crippen molar-refractivity contribution in [1.29, 1.82) is 0 Å². The van der Waals surface area contributed by atoms with E-state index in [1.54, 1.807) is 0 Å². The third kappa shape index (κ3) is 2.57. The van der Waals surface area contributed by atoms with Crippen LogP contribution in [0.1, 0.15) is 30.0 Å². The minimum Gasteiger partial charge on any atom is -0.381 e. The zero-order valence-electron chi connectivity index (χ0n) is 13.3. The largest absolute Gasteiger partial charge is 0.381 e. The first-order valence-electron chi connectivity index (χ1n) is 8.13. The Balaban J connectivity index is 1.85. The van der Waals surface area contributed by atoms with Gasteiger partial charge in [-0.1, -0.05) is 23.8 Å². The molecule has 0 aliphatic carbocycles. The highest BCUT2D eigenvalue weighted by atomic mass is 15.1. The lowest BCUT2D eigenvalue weighted by molar-refractivity contribution is 0.456. The van der Waals surface area contributed by atoms with Gasteiger partial charge in [0.15, 0.2) is 11.5 Å². The number of hydrogen-bond acceptors (Lipinski definition) is 4. The van der Waals surface area contributed by atoms with E-state index in [0.717, 1.165) is 35.7 Å². The molecule has 0 saturated carbocycles. The van der Waals surface area contributed by atoms with Crippen LogP contribution in [0.2, 0.25) is 0 Å². The van der Waals surface area contributed by atoms with Crippen molar-refractivity contribution in [2.45, 2.75) is 25.7 Å². The van der Waals surface area contributed by atoms with Crippen molar-refractivity contribution in [1.82, 2.24) is 19.7 Å². The molecule has 3 N–H and O–H groups in total. The minimum absolute atomic E-state index is 0.452. The second kappa shape index (κ2) is 5.66. The van der Waals surface area contributed by atoms with E-state index in [2.05, 4.69) is 52.1 Å². The molecule has 5 nitrogen and oxygen atoms in total. The monoisotopic (exact) mass is 307 g/mol. The first kappa shape index (κ1) is 14.2. The Morgan fingerprint density at radius 3 is 3.04 bits per heavy atom. The Bertz CT molecular complexity index is 846. The molecule has 1 aliphatic rings. The quantitative estimate of drug-likeness (QED) is 0.764. The molecule has 0 amide bonds. The number of benzene rings is 1. The molecule has 1 fully saturated rings. The molecule has 118 valence electrons. The molecule has 23 heavy (non-hydrogen) atoms. The van der Waals surface area contributed by atoms with Gasteiger partial charge in [-0.15, -0.1) is 0 Å². The number of fused-ring (bicyclic) bond motifs is 1. The van der Waals surface area contributed by atoms with Crippen LogP contribution in [0.4, 0.5) is 5.82 Å². The zero-order valence-corrected chi connectivity index (χ0v) is 13.3. The number of nitrogens with one attached hydrogen (secondary N) is 1. The van der Waals surface area contributed by atoms with Crippen molar-refractivity contribution < 1.29 is 0 Å². The lowest BCUT2D eigenvalue weighted by Crippen LogP contribution is -2.28. The number of nitrogens with two attached hydrogens (primary N) is 1. The Hall–Kier alpha value is -2.40. The fraction of sp³-hybridized carbons (Fsp3) is 0.333. The van der Waals surface area contributed by atoms with Gasteiger partial charge in [0.2, 0.25) is 0 Å². The van der Waals surface area contributed by atoms with Crippen molar-refractivity contribution in [2.75, 3.05) is 18.8 Å². The van der Waals surface area contributed by atoms with Crippen LogP contribution < -0.4 is 11.1 Å². The molecule has 3 aromatic rings. The highest BCUT2D eigenvalue weighted by Crippen LogP contribution is 2.28. The molecule has 1 saturated heterocycles. The van der Waals surface area contributed by atoms with Gasteiger partial charge in [-0.2, -0.15) is 0 Å². The van der Waals surface area contributed by atoms with Gasteiger partial charge in [0.25, 0.3) is 0 Å². The van der Waals surface area contributed by atoms with E-state index in [0.29, 0.717) is 11.7 Å². The van der Waals surface area contributed by atoms with Crippen LogP contribution in [-0.2, 0) is 0 Å². The summed E-state index contributed by atoms with van der Waals surface area (Å²) in [5, 5.41) is 3.45. The van der Waals surface area contributed by atoms with Crippen molar-refractivity contribution in [3.63, 3.8) is 0 Å². The smallest absolute Gasteiger partial charge is 0.180 e. The van der Waals surface area contributed by atoms with Gasteiger partial charge in [-0.25, -0.2) is 9.97 Å². The summed E-state index contributed by atoms with van der Waals surface area (Å²) in [6.45, 7) is 4.18. The molecule has 0 radical (unpaired) electrons. The molecular formula is C18H21N5. The number of aromatic nitrogens is 3. The van der Waals surface area contributed by atoms with Crippen LogP contribution in [0, 0.1) is 6.92 Å². The second-order valence-corrected chi connectivity index (χ2v) is 6.30. The Labute approximate surface area is 135 Å². The van der Waals surface area contributed by atoms with Gasteiger partial charge in [0.05, 0.1) is 17.6 Å². The predicted molar refractivity (Wildman–Crippen MR) is 92.4 cm³/mol. The van der Waals surface area contributed by atoms with E-state index < -0.39 is 0 Å². The number of imidazole rings is 1. The van der Waals surface area contributed by atoms with Crippen LogP contribution in [-0.4, -0.2) is 27.5 Å². The van der Waals surface area contributed by atoms with E-state index in [1.165, 1.54) is 18.4 Å². The molecule has 0 bridgehead atoms. The van der Waals surface area contributed by atoms with E-state index in [9.17, 15) is 0 Å². The van der Waals surface area contributed by atoms with Gasteiger partial charge in [-0.3, -0.25) is 4.40 Å². The van der Waals surface area contributed by atoms with Crippen molar-refractivity contribution in [3.05, 3.63) is 47.9 Å². The van der Waals surface area contributed by atoms with E-state index in [1.807, 2.05) is 6.20 Å². The third-order valence-electron chi connectivity index (χ3n) is 4.57. The Kier molecular flexibility index (Phi) is 3.50. The van der Waals surface area contributed by atoms with Crippen molar-refractivity contribution in [3.8, 4) is 11.3 Å². The number of rotatable bonds is 2. The highest BCUT2D eigenvalue weighted by Gasteiger charge is 2.20. The maximum absolute atomic E-state index is 6.07. The molecule has 5 heteroatoms. The Morgan fingerprint density at radius 2 is 2.26 bits per heavy atom. The molecule has 0 unspecified atom stereocenters. The average Bonchev–Trinajstić information content (AvgIpc) is 3.02. The minimum atomic E-state index is 0.452. The van der Waals surface area contributed by atoms with Gasteiger partial charge in [-0.05, 0) is 32.4 Å². The maximum atomic E-state index is 6.07. The summed E-state index contributed by atoms with van der Waals surface area (Å²) < 4.78 is 2.08. The van der Waals surface area contributed by atoms with Gasteiger partial charge in [0.1, 0.15) is 0 Å². The molecular weight excluding hydrogens is 286 g/mol. The number of aryl methyl sites for hydroxylation is 1. The van der Waals surface area contributed by atoms with Gasteiger partial charge in [0, 0.05) is 24.2 Å². The van der Waals surface area contributed by atoms with E-state index in [-0.39, 0.29) is 0 Å². The molecule has 1 aromatic carbocycles. The van der Waals surface area contributed by atoms with Crippen molar-refractivity contribution in [2.24, 2.45) is 0 Å². The molecule has 4 rings (SSSR count). The summed E-state index contributed by atoms with van der Waals surface area (Å²) >= 11 is 0. The van der Waals surface area contributed by atoms with Crippen LogP contribution in [0.5, 0.6) is 0 Å². The second-order valence-electron chi connectivity index (χ2n) is 6.30. The third-order valence-corrected chi connectivity index (χ3v) is 4.57. The fourth-order valence-electron chi connectivity index (χ4n) is 3.33. The van der Waals surface area contributed by atoms with Crippen molar-refractivity contribution >= 4 is 11.5 Å². The first-order chi connectivity index (χ1) is 11.2. The summed E-state index contributed by atoms with van der Waals surface area (Å²) in [7, 11) is 0. The lowest BCUT2D eigenvalue weighted by Gasteiger charge is -2.20. The highest BCUT2D eigenvalue weighted by molar-refractivity contribution is 5.69. The van der Waals surface area contributed by atoms with Crippen LogP contribution in [0.25, 0.3) is 16.9 Å². The number of nitrogens with zero attached hydrogens (tertiary/aromatic N) is 3. The molecule has 2 aromatic heterocycles. The summed E-state index contributed by atoms with van der Waals surface area (Å²) in [6, 6.07) is 8.42. The van der Waals surface area contributed by atoms with Gasteiger partial charge < -0.3 is 11.1 Å². The summed E-state index contributed by atoms with van der Waals surface area (Å²) in [4.78, 5) is 9.13. The lowest BCUT2D eigenvalue weighted by atomic mass is 9.97. The molecule has 1 atom stereocenters. The number of nitrogen functional groups attached to an aromatic ring is 1. The summed E-state index contributed by atoms with van der Waals surface area (Å²) in [5.41, 5.74) is 11.3. The van der Waals surface area contributed by atoms with Crippen LogP contribution >= 0.6 is 0 Å². The number of piperidine rings is 1. The zero-order chi connectivity index (χ0) is 15.8. The van der Waals surface area contributed by atoms with Crippen LogP contribution in [0.15, 0.2) is 36.7 Å². The SMILES string of the molecule is Cc1cccc(-c2cnc(N)c3nc([C@H]4CCCNC4)cn23)c1. The van der Waals surface area contributed by atoms with E-state index >= 15 is 0 Å². The summed E-state index contributed by atoms with van der Waals surface area (Å²) in [6.07, 6.45) is 6.32. The van der Waals surface area contributed by atoms with E-state index in [4.69, 9.17) is 10.7 Å². The standard InChI is InChI=1S/C18H21N5/c1-12-4-2-5-13(8-12)16-10-21-17(19)18-22-15(11-23(16)18)14-6-3-7-20-9-14/h2,4-5,8,10-11,14,20H,3,6-7,9H2,1H3,(H2,19,21)/t14-/m0/s1. The fourth-order valence-corrected chi connectivity index (χ4v) is 3.33. The van der Waals surface area contributed by atoms with Crippen LogP contribution in [0.3, 0.4) is 0 Å². The topological polar surface area (TPSA) is 68.2 Å². The molecule has 0 spiro atoms. The first-order valence-corrected chi connectivity index (χ1v) is 8.13. The Morgan fingerprint density at radius 1 is 1.35 bits per heavy atom. The average molecular weight is 307 g/mol. The normalized spacial score (nSPS) is 18.4. The molecule has 3 heterocycles. The predicted octanol–water partition coefficient (Wildman–Crippen LogP) is 2.75. The summed E-state index contributed by atoms with van der Waals surface area (Å²) in [5.74, 6) is 0.935. The molecule has 1 aliphatic heterocycles. The number of hydrogen-bond donors (Lipinski definition) is 2. The van der Waals surface area contributed by atoms with Gasteiger partial charge >= 0.3 is 0 Å². The maximum Gasteiger partial charge on any atom is 0.180 e.